The van der Waals surface area contributed by atoms with Crippen LogP contribution < -0.4 is 10.6 Å². The Morgan fingerprint density at radius 1 is 1.10 bits per heavy atom. The molecule has 1 aromatic carbocycles. The lowest BCUT2D eigenvalue weighted by Gasteiger charge is -2.34. The maximum Gasteiger partial charge on any atom is 0.329 e. The molecule has 1 aliphatic heterocycles. The normalized spacial score (nSPS) is 19.8. The molecule has 1 aliphatic carbocycles. The molecule has 2 aliphatic rings. The van der Waals surface area contributed by atoms with Crippen LogP contribution in [0, 0.1) is 0 Å². The zero-order chi connectivity index (χ0) is 14.9. The quantitative estimate of drug-likeness (QED) is 0.792. The molecule has 0 bridgehead atoms. The van der Waals surface area contributed by atoms with Gasteiger partial charge in [-0.05, 0) is 36.1 Å². The van der Waals surface area contributed by atoms with Crippen LogP contribution in [0.5, 0.6) is 0 Å². The predicted octanol–water partition coefficient (Wildman–Crippen LogP) is 1.81. The molecular formula is C16H20N2O3. The van der Waals surface area contributed by atoms with Crippen molar-refractivity contribution in [2.45, 2.75) is 50.7 Å². The SMILES string of the molecule is O=C(NC1(C(=O)O)CCCCC1)c1ccc2c(c1)CNC2. The molecule has 1 fully saturated rings. The van der Waals surface area contributed by atoms with Gasteiger partial charge >= 0.3 is 5.97 Å². The van der Waals surface area contributed by atoms with Crippen molar-refractivity contribution < 1.29 is 14.7 Å². The number of amides is 1. The zero-order valence-electron chi connectivity index (χ0n) is 11.9. The second kappa shape index (κ2) is 5.48. The van der Waals surface area contributed by atoms with Crippen molar-refractivity contribution >= 4 is 11.9 Å². The molecule has 1 amide bonds. The fourth-order valence-electron chi connectivity index (χ4n) is 3.27. The predicted molar refractivity (Wildman–Crippen MR) is 77.9 cm³/mol. The summed E-state index contributed by atoms with van der Waals surface area (Å²) in [7, 11) is 0. The number of carboxylic acids is 1. The Kier molecular flexibility index (Phi) is 3.68. The Morgan fingerprint density at radius 2 is 1.81 bits per heavy atom. The summed E-state index contributed by atoms with van der Waals surface area (Å²) in [6, 6.07) is 5.58. The molecule has 0 atom stereocenters. The first-order valence-corrected chi connectivity index (χ1v) is 7.49. The number of carboxylic acid groups (broad SMARTS) is 1. The average Bonchev–Trinajstić information content (AvgIpc) is 2.95. The Morgan fingerprint density at radius 3 is 2.52 bits per heavy atom. The molecule has 0 aromatic heterocycles. The van der Waals surface area contributed by atoms with Crippen molar-refractivity contribution in [1.82, 2.24) is 10.6 Å². The third kappa shape index (κ3) is 2.65. The molecule has 0 unspecified atom stereocenters. The molecule has 5 nitrogen and oxygen atoms in total. The fourth-order valence-corrected chi connectivity index (χ4v) is 3.27. The van der Waals surface area contributed by atoms with E-state index < -0.39 is 11.5 Å². The first kappa shape index (κ1) is 14.1. The second-order valence-electron chi connectivity index (χ2n) is 5.99. The lowest BCUT2D eigenvalue weighted by Crippen LogP contribution is -2.55. The summed E-state index contributed by atoms with van der Waals surface area (Å²) in [6.45, 7) is 1.59. The standard InChI is InChI=1S/C16H20N2O3/c19-14(11-4-5-12-9-17-10-13(12)8-11)18-16(15(20)21)6-2-1-3-7-16/h4-5,8,17H,1-3,6-7,9-10H2,(H,18,19)(H,20,21). The van der Waals surface area contributed by atoms with Gasteiger partial charge in [-0.2, -0.15) is 0 Å². The summed E-state index contributed by atoms with van der Waals surface area (Å²) in [5.41, 5.74) is 1.78. The van der Waals surface area contributed by atoms with Gasteiger partial charge in [-0.1, -0.05) is 25.3 Å². The molecule has 112 valence electrons. The van der Waals surface area contributed by atoms with Crippen molar-refractivity contribution in [3.63, 3.8) is 0 Å². The van der Waals surface area contributed by atoms with Gasteiger partial charge < -0.3 is 15.7 Å². The molecule has 1 aromatic rings. The molecule has 21 heavy (non-hydrogen) atoms. The van der Waals surface area contributed by atoms with Gasteiger partial charge in [0.25, 0.3) is 5.91 Å². The number of nitrogens with one attached hydrogen (secondary N) is 2. The van der Waals surface area contributed by atoms with E-state index in [9.17, 15) is 14.7 Å². The van der Waals surface area contributed by atoms with E-state index in [0.29, 0.717) is 18.4 Å². The number of carbonyl (C=O) groups is 2. The first-order chi connectivity index (χ1) is 10.1. The lowest BCUT2D eigenvalue weighted by atomic mass is 9.81. The van der Waals surface area contributed by atoms with Crippen LogP contribution in [-0.2, 0) is 17.9 Å². The molecule has 5 heteroatoms. The van der Waals surface area contributed by atoms with Gasteiger partial charge in [-0.15, -0.1) is 0 Å². The molecule has 1 heterocycles. The molecule has 3 rings (SSSR count). The molecular weight excluding hydrogens is 268 g/mol. The van der Waals surface area contributed by atoms with Crippen LogP contribution in [0.1, 0.15) is 53.6 Å². The minimum atomic E-state index is -1.09. The fraction of sp³-hybridized carbons (Fsp3) is 0.500. The van der Waals surface area contributed by atoms with Crippen molar-refractivity contribution in [1.29, 1.82) is 0 Å². The van der Waals surface area contributed by atoms with Crippen LogP contribution in [0.15, 0.2) is 18.2 Å². The highest BCUT2D eigenvalue weighted by molar-refractivity contribution is 5.98. The van der Waals surface area contributed by atoms with Gasteiger partial charge in [-0.3, -0.25) is 4.79 Å². The van der Waals surface area contributed by atoms with Gasteiger partial charge in [0.2, 0.25) is 0 Å². The molecule has 3 N–H and O–H groups in total. The Bertz CT molecular complexity index is 577. The number of hydrogen-bond donors (Lipinski definition) is 3. The van der Waals surface area contributed by atoms with E-state index in [1.54, 1.807) is 6.07 Å². The van der Waals surface area contributed by atoms with Crippen LogP contribution in [0.4, 0.5) is 0 Å². The third-order valence-corrected chi connectivity index (χ3v) is 4.57. The van der Waals surface area contributed by atoms with Crippen LogP contribution in [0.3, 0.4) is 0 Å². The second-order valence-corrected chi connectivity index (χ2v) is 5.99. The topological polar surface area (TPSA) is 78.4 Å². The Hall–Kier alpha value is -1.88. The van der Waals surface area contributed by atoms with E-state index in [1.807, 2.05) is 12.1 Å². The number of aliphatic carboxylic acids is 1. The van der Waals surface area contributed by atoms with Gasteiger partial charge in [0.1, 0.15) is 5.54 Å². The average molecular weight is 288 g/mol. The van der Waals surface area contributed by atoms with Crippen LogP contribution >= 0.6 is 0 Å². The number of benzene rings is 1. The lowest BCUT2D eigenvalue weighted by molar-refractivity contribution is -0.145. The van der Waals surface area contributed by atoms with Crippen LogP contribution in [-0.4, -0.2) is 22.5 Å². The van der Waals surface area contributed by atoms with Crippen LogP contribution in [0.25, 0.3) is 0 Å². The number of carbonyl (C=O) groups excluding carboxylic acids is 1. The third-order valence-electron chi connectivity index (χ3n) is 4.57. The van der Waals surface area contributed by atoms with Gasteiger partial charge in [0.15, 0.2) is 0 Å². The van der Waals surface area contributed by atoms with Gasteiger partial charge in [0.05, 0.1) is 0 Å². The van der Waals surface area contributed by atoms with Gasteiger partial charge in [-0.25, -0.2) is 4.79 Å². The number of hydrogen-bond acceptors (Lipinski definition) is 3. The largest absolute Gasteiger partial charge is 0.480 e. The summed E-state index contributed by atoms with van der Waals surface area (Å²) in [5.74, 6) is -1.20. The number of fused-ring (bicyclic) bond motifs is 1. The number of rotatable bonds is 3. The summed E-state index contributed by atoms with van der Waals surface area (Å²) < 4.78 is 0. The van der Waals surface area contributed by atoms with Crippen LogP contribution in [0.2, 0.25) is 0 Å². The van der Waals surface area contributed by atoms with E-state index in [1.165, 1.54) is 5.56 Å². The monoisotopic (exact) mass is 288 g/mol. The highest BCUT2D eigenvalue weighted by atomic mass is 16.4. The van der Waals surface area contributed by atoms with E-state index >= 15 is 0 Å². The minimum absolute atomic E-state index is 0.283. The Labute approximate surface area is 123 Å². The molecule has 0 saturated heterocycles. The zero-order valence-corrected chi connectivity index (χ0v) is 11.9. The Balaban J connectivity index is 1.80. The smallest absolute Gasteiger partial charge is 0.329 e. The van der Waals surface area contributed by atoms with Crippen molar-refractivity contribution in [3.05, 3.63) is 34.9 Å². The van der Waals surface area contributed by atoms with Crippen molar-refractivity contribution in [2.24, 2.45) is 0 Å². The van der Waals surface area contributed by atoms with Crippen molar-refractivity contribution in [2.75, 3.05) is 0 Å². The summed E-state index contributed by atoms with van der Waals surface area (Å²) >= 11 is 0. The van der Waals surface area contributed by atoms with E-state index in [0.717, 1.165) is 37.9 Å². The van der Waals surface area contributed by atoms with Crippen molar-refractivity contribution in [3.8, 4) is 0 Å². The minimum Gasteiger partial charge on any atom is -0.480 e. The van der Waals surface area contributed by atoms with Gasteiger partial charge in [0, 0.05) is 18.7 Å². The highest BCUT2D eigenvalue weighted by Crippen LogP contribution is 2.29. The summed E-state index contributed by atoms with van der Waals surface area (Å²) in [4.78, 5) is 24.0. The van der Waals surface area contributed by atoms with E-state index in [2.05, 4.69) is 10.6 Å². The summed E-state index contributed by atoms with van der Waals surface area (Å²) in [6.07, 6.45) is 3.76. The molecule has 0 radical (unpaired) electrons. The maximum absolute atomic E-state index is 12.4. The first-order valence-electron chi connectivity index (χ1n) is 7.49. The summed E-state index contributed by atoms with van der Waals surface area (Å²) in [5, 5.41) is 15.5. The molecule has 1 saturated carbocycles. The molecule has 0 spiro atoms. The van der Waals surface area contributed by atoms with E-state index in [-0.39, 0.29) is 5.91 Å². The highest BCUT2D eigenvalue weighted by Gasteiger charge is 2.41. The van der Waals surface area contributed by atoms with E-state index in [4.69, 9.17) is 0 Å². The maximum atomic E-state index is 12.4.